The zero-order valence-corrected chi connectivity index (χ0v) is 13.7. The van der Waals surface area contributed by atoms with Crippen LogP contribution in [0, 0.1) is 0 Å². The van der Waals surface area contributed by atoms with E-state index in [4.69, 9.17) is 4.74 Å². The van der Waals surface area contributed by atoms with Gasteiger partial charge in [0.15, 0.2) is 4.34 Å². The van der Waals surface area contributed by atoms with Crippen LogP contribution in [-0.2, 0) is 4.79 Å². The van der Waals surface area contributed by atoms with Crippen molar-refractivity contribution < 1.29 is 14.3 Å². The molecule has 0 bridgehead atoms. The van der Waals surface area contributed by atoms with Crippen LogP contribution < -0.4 is 15.4 Å². The van der Waals surface area contributed by atoms with E-state index in [9.17, 15) is 9.59 Å². The van der Waals surface area contributed by atoms with Crippen molar-refractivity contribution in [1.82, 2.24) is 20.8 Å². The second kappa shape index (κ2) is 7.08. The molecule has 0 saturated heterocycles. The Balaban J connectivity index is 1.79. The fraction of sp³-hybridized carbons (Fsp3) is 0.667. The van der Waals surface area contributed by atoms with Crippen molar-refractivity contribution in [1.29, 1.82) is 0 Å². The van der Waals surface area contributed by atoms with Gasteiger partial charge in [-0.15, -0.1) is 5.10 Å². The Kier molecular flexibility index (Phi) is 5.40. The van der Waals surface area contributed by atoms with Gasteiger partial charge in [0.1, 0.15) is 0 Å². The molecule has 9 heteroatoms. The van der Waals surface area contributed by atoms with Crippen LogP contribution >= 0.6 is 23.1 Å². The molecule has 1 fully saturated rings. The van der Waals surface area contributed by atoms with Gasteiger partial charge in [0.25, 0.3) is 5.19 Å². The number of thioether (sulfide) groups is 1. The van der Waals surface area contributed by atoms with E-state index in [0.717, 1.165) is 12.8 Å². The Labute approximate surface area is 131 Å². The number of nitrogens with zero attached hydrogens (tertiary/aromatic N) is 2. The smallest absolute Gasteiger partial charge is 0.321 e. The lowest BCUT2D eigenvalue weighted by Gasteiger charge is -2.09. The molecule has 1 aliphatic rings. The second-order valence-electron chi connectivity index (χ2n) is 5.00. The third-order valence-corrected chi connectivity index (χ3v) is 4.52. The van der Waals surface area contributed by atoms with E-state index >= 15 is 0 Å². The molecule has 116 valence electrons. The first kappa shape index (κ1) is 16.0. The minimum atomic E-state index is -0.435. The van der Waals surface area contributed by atoms with E-state index in [-0.39, 0.29) is 18.1 Å². The van der Waals surface area contributed by atoms with Crippen LogP contribution in [0.25, 0.3) is 0 Å². The van der Waals surface area contributed by atoms with E-state index in [1.807, 2.05) is 13.8 Å². The lowest BCUT2D eigenvalue weighted by atomic mass is 10.4. The summed E-state index contributed by atoms with van der Waals surface area (Å²) < 4.78 is 6.05. The number of urea groups is 1. The monoisotopic (exact) mass is 330 g/mol. The van der Waals surface area contributed by atoms with Crippen LogP contribution in [0.4, 0.5) is 4.79 Å². The van der Waals surface area contributed by atoms with Crippen molar-refractivity contribution in [2.24, 2.45) is 0 Å². The van der Waals surface area contributed by atoms with E-state index in [2.05, 4.69) is 20.8 Å². The fourth-order valence-corrected chi connectivity index (χ4v) is 3.31. The van der Waals surface area contributed by atoms with Gasteiger partial charge in [-0.2, -0.15) is 0 Å². The number of imide groups is 1. The lowest BCUT2D eigenvalue weighted by molar-refractivity contribution is -0.119. The van der Waals surface area contributed by atoms with Crippen molar-refractivity contribution in [2.45, 2.75) is 55.3 Å². The molecule has 1 saturated carbocycles. The van der Waals surface area contributed by atoms with Crippen LogP contribution in [0.3, 0.4) is 0 Å². The van der Waals surface area contributed by atoms with E-state index < -0.39 is 11.3 Å². The topological polar surface area (TPSA) is 93.2 Å². The number of nitrogens with one attached hydrogen (secondary N) is 2. The summed E-state index contributed by atoms with van der Waals surface area (Å²) >= 11 is 2.53. The summed E-state index contributed by atoms with van der Waals surface area (Å²) in [4.78, 5) is 23.4. The summed E-state index contributed by atoms with van der Waals surface area (Å²) in [5.41, 5.74) is 0. The molecule has 1 aromatic heterocycles. The molecule has 1 heterocycles. The normalized spacial score (nSPS) is 15.6. The molecule has 7 nitrogen and oxygen atoms in total. The average molecular weight is 330 g/mol. The molecule has 0 radical (unpaired) electrons. The number of amides is 3. The molecule has 1 atom stereocenters. The molecule has 3 amide bonds. The van der Waals surface area contributed by atoms with Crippen LogP contribution in [-0.4, -0.2) is 39.5 Å². The van der Waals surface area contributed by atoms with Crippen LogP contribution in [0.5, 0.6) is 5.19 Å². The summed E-state index contributed by atoms with van der Waals surface area (Å²) in [6, 6.07) is -0.212. The lowest BCUT2D eigenvalue weighted by Crippen LogP contribution is -2.43. The van der Waals surface area contributed by atoms with E-state index in [0.29, 0.717) is 9.53 Å². The third kappa shape index (κ3) is 5.50. The highest BCUT2D eigenvalue weighted by atomic mass is 32.2. The van der Waals surface area contributed by atoms with Crippen LogP contribution in [0.15, 0.2) is 4.34 Å². The summed E-state index contributed by atoms with van der Waals surface area (Å²) in [5.74, 6) is -0.348. The SMILES string of the molecule is CC(C)Oc1nnc(SC(C)C(=O)NC(=O)NC2CC2)s1. The summed E-state index contributed by atoms with van der Waals surface area (Å²) in [6.45, 7) is 5.53. The molecule has 1 unspecified atom stereocenters. The number of aromatic nitrogens is 2. The predicted octanol–water partition coefficient (Wildman–Crippen LogP) is 1.79. The second-order valence-corrected chi connectivity index (χ2v) is 7.53. The van der Waals surface area contributed by atoms with Gasteiger partial charge in [0, 0.05) is 6.04 Å². The first-order valence-electron chi connectivity index (χ1n) is 6.72. The number of hydrogen-bond acceptors (Lipinski definition) is 7. The zero-order valence-electron chi connectivity index (χ0n) is 12.1. The maximum atomic E-state index is 11.9. The van der Waals surface area contributed by atoms with Gasteiger partial charge in [-0.25, -0.2) is 4.79 Å². The molecule has 2 N–H and O–H groups in total. The van der Waals surface area contributed by atoms with Crippen molar-refractivity contribution in [3.63, 3.8) is 0 Å². The van der Waals surface area contributed by atoms with Gasteiger partial charge in [-0.1, -0.05) is 16.9 Å². The summed E-state index contributed by atoms with van der Waals surface area (Å²) in [6.07, 6.45) is 1.99. The van der Waals surface area contributed by atoms with Gasteiger partial charge in [-0.3, -0.25) is 10.1 Å². The zero-order chi connectivity index (χ0) is 15.4. The Hall–Kier alpha value is -1.35. The van der Waals surface area contributed by atoms with Crippen molar-refractivity contribution in [3.8, 4) is 5.19 Å². The Morgan fingerprint density at radius 1 is 1.33 bits per heavy atom. The summed E-state index contributed by atoms with van der Waals surface area (Å²) in [7, 11) is 0. The van der Waals surface area contributed by atoms with Crippen molar-refractivity contribution in [2.75, 3.05) is 0 Å². The van der Waals surface area contributed by atoms with Crippen LogP contribution in [0.1, 0.15) is 33.6 Å². The predicted molar refractivity (Wildman–Crippen MR) is 80.7 cm³/mol. The number of rotatable bonds is 6. The number of carbonyl (C=O) groups is 2. The third-order valence-electron chi connectivity index (χ3n) is 2.52. The Morgan fingerprint density at radius 2 is 2.05 bits per heavy atom. The van der Waals surface area contributed by atoms with Gasteiger partial charge in [-0.05, 0) is 44.9 Å². The van der Waals surface area contributed by atoms with Crippen LogP contribution in [0.2, 0.25) is 0 Å². The molecule has 1 aliphatic carbocycles. The van der Waals surface area contributed by atoms with Crippen molar-refractivity contribution in [3.05, 3.63) is 0 Å². The fourth-order valence-electron chi connectivity index (χ4n) is 1.36. The van der Waals surface area contributed by atoms with Gasteiger partial charge in [0.2, 0.25) is 5.91 Å². The molecule has 0 aliphatic heterocycles. The highest BCUT2D eigenvalue weighted by Gasteiger charge is 2.25. The maximum Gasteiger partial charge on any atom is 0.321 e. The number of ether oxygens (including phenoxy) is 1. The van der Waals surface area contributed by atoms with Gasteiger partial charge >= 0.3 is 6.03 Å². The van der Waals surface area contributed by atoms with Gasteiger partial charge < -0.3 is 10.1 Å². The molecular formula is C12H18N4O3S2. The first-order valence-corrected chi connectivity index (χ1v) is 8.42. The highest BCUT2D eigenvalue weighted by Crippen LogP contribution is 2.30. The minimum absolute atomic E-state index is 0.0302. The molecule has 1 aromatic rings. The Morgan fingerprint density at radius 3 is 2.67 bits per heavy atom. The summed E-state index contributed by atoms with van der Waals surface area (Å²) in [5, 5.41) is 12.9. The molecule has 0 aromatic carbocycles. The maximum absolute atomic E-state index is 11.9. The van der Waals surface area contributed by atoms with E-state index in [1.165, 1.54) is 23.1 Å². The quantitative estimate of drug-likeness (QED) is 0.773. The molecule has 2 rings (SSSR count). The largest absolute Gasteiger partial charge is 0.466 e. The molecule has 21 heavy (non-hydrogen) atoms. The first-order chi connectivity index (χ1) is 9.94. The van der Waals surface area contributed by atoms with Crippen molar-refractivity contribution >= 4 is 35.0 Å². The minimum Gasteiger partial charge on any atom is -0.466 e. The molecule has 0 spiro atoms. The molecular weight excluding hydrogens is 312 g/mol. The Bertz CT molecular complexity index is 516. The van der Waals surface area contributed by atoms with E-state index in [1.54, 1.807) is 6.92 Å². The standard InChI is InChI=1S/C12H18N4O3S2/c1-6(2)19-11-15-16-12(21-11)20-7(3)9(17)14-10(18)13-8-4-5-8/h6-8H,4-5H2,1-3H3,(H2,13,14,17,18). The number of carbonyl (C=O) groups excluding carboxylic acids is 2. The highest BCUT2D eigenvalue weighted by molar-refractivity contribution is 8.02. The number of hydrogen-bond donors (Lipinski definition) is 2. The van der Waals surface area contributed by atoms with Gasteiger partial charge in [0.05, 0.1) is 11.4 Å². The average Bonchev–Trinajstić information content (AvgIpc) is 3.08.